The monoisotopic (exact) mass is 250 g/mol. The highest BCUT2D eigenvalue weighted by molar-refractivity contribution is 5.22. The van der Waals surface area contributed by atoms with Crippen molar-refractivity contribution < 1.29 is 0 Å². The second-order valence-corrected chi connectivity index (χ2v) is 5.88. The molecule has 1 aromatic rings. The molecule has 0 saturated heterocycles. The second kappa shape index (κ2) is 5.41. The molecular weight excluding hydrogens is 224 g/mol. The summed E-state index contributed by atoms with van der Waals surface area (Å²) in [5.41, 5.74) is 8.58. The maximum Gasteiger partial charge on any atom is 0.0540 e. The van der Waals surface area contributed by atoms with Crippen LogP contribution in [0.4, 0.5) is 0 Å². The third-order valence-electron chi connectivity index (χ3n) is 3.85. The highest BCUT2D eigenvalue weighted by Gasteiger charge is 2.35. The van der Waals surface area contributed by atoms with E-state index in [4.69, 9.17) is 5.73 Å². The zero-order valence-corrected chi connectivity index (χ0v) is 12.1. The average Bonchev–Trinajstić information content (AvgIpc) is 3.10. The first-order valence-corrected chi connectivity index (χ1v) is 6.98. The molecule has 18 heavy (non-hydrogen) atoms. The molecule has 1 heterocycles. The third-order valence-corrected chi connectivity index (χ3v) is 3.85. The van der Waals surface area contributed by atoms with Crippen LogP contribution in [0.2, 0.25) is 0 Å². The van der Waals surface area contributed by atoms with Crippen LogP contribution in [-0.2, 0) is 7.05 Å². The SMILES string of the molecule is Cc1c(C(CN)N(CC(C)C)C2CC2)cnn1C. The van der Waals surface area contributed by atoms with Crippen LogP contribution in [0.25, 0.3) is 0 Å². The fourth-order valence-corrected chi connectivity index (χ4v) is 2.64. The van der Waals surface area contributed by atoms with Crippen molar-refractivity contribution in [1.82, 2.24) is 14.7 Å². The highest BCUT2D eigenvalue weighted by atomic mass is 15.3. The molecule has 1 saturated carbocycles. The number of hydrogen-bond donors (Lipinski definition) is 1. The largest absolute Gasteiger partial charge is 0.329 e. The predicted molar refractivity (Wildman–Crippen MR) is 74.3 cm³/mol. The van der Waals surface area contributed by atoms with Gasteiger partial charge in [-0.1, -0.05) is 13.8 Å². The minimum Gasteiger partial charge on any atom is -0.329 e. The van der Waals surface area contributed by atoms with Crippen LogP contribution in [0, 0.1) is 12.8 Å². The highest BCUT2D eigenvalue weighted by Crippen LogP contribution is 2.35. The minimum absolute atomic E-state index is 0.327. The normalized spacial score (nSPS) is 17.7. The Morgan fingerprint density at radius 3 is 2.56 bits per heavy atom. The molecule has 0 bridgehead atoms. The van der Waals surface area contributed by atoms with Crippen molar-refractivity contribution >= 4 is 0 Å². The van der Waals surface area contributed by atoms with Gasteiger partial charge in [-0.05, 0) is 25.7 Å². The van der Waals surface area contributed by atoms with Crippen LogP contribution >= 0.6 is 0 Å². The first kappa shape index (κ1) is 13.6. The lowest BCUT2D eigenvalue weighted by molar-refractivity contribution is 0.169. The number of aromatic nitrogens is 2. The van der Waals surface area contributed by atoms with Crippen molar-refractivity contribution in [3.63, 3.8) is 0 Å². The Morgan fingerprint density at radius 2 is 2.17 bits per heavy atom. The van der Waals surface area contributed by atoms with Gasteiger partial charge in [-0.15, -0.1) is 0 Å². The Kier molecular flexibility index (Phi) is 4.07. The van der Waals surface area contributed by atoms with Gasteiger partial charge < -0.3 is 5.73 Å². The lowest BCUT2D eigenvalue weighted by Gasteiger charge is -2.32. The van der Waals surface area contributed by atoms with E-state index in [0.717, 1.165) is 12.6 Å². The van der Waals surface area contributed by atoms with Crippen molar-refractivity contribution in [2.75, 3.05) is 13.1 Å². The van der Waals surface area contributed by atoms with E-state index in [9.17, 15) is 0 Å². The third kappa shape index (κ3) is 2.75. The van der Waals surface area contributed by atoms with Crippen molar-refractivity contribution in [1.29, 1.82) is 0 Å². The predicted octanol–water partition coefficient (Wildman–Crippen LogP) is 1.85. The van der Waals surface area contributed by atoms with Gasteiger partial charge in [-0.25, -0.2) is 0 Å². The fraction of sp³-hybridized carbons (Fsp3) is 0.786. The van der Waals surface area contributed by atoms with E-state index in [0.29, 0.717) is 18.5 Å². The molecule has 4 nitrogen and oxygen atoms in total. The molecule has 1 fully saturated rings. The van der Waals surface area contributed by atoms with Gasteiger partial charge >= 0.3 is 0 Å². The molecule has 1 aliphatic carbocycles. The van der Waals surface area contributed by atoms with Gasteiger partial charge in [0.2, 0.25) is 0 Å². The van der Waals surface area contributed by atoms with E-state index in [1.807, 2.05) is 17.9 Å². The summed E-state index contributed by atoms with van der Waals surface area (Å²) < 4.78 is 1.94. The maximum absolute atomic E-state index is 6.05. The van der Waals surface area contributed by atoms with Gasteiger partial charge in [0.25, 0.3) is 0 Å². The zero-order chi connectivity index (χ0) is 13.3. The van der Waals surface area contributed by atoms with E-state index in [2.05, 4.69) is 30.8 Å². The van der Waals surface area contributed by atoms with E-state index < -0.39 is 0 Å². The summed E-state index contributed by atoms with van der Waals surface area (Å²) in [6.45, 7) is 8.49. The minimum atomic E-state index is 0.327. The summed E-state index contributed by atoms with van der Waals surface area (Å²) in [7, 11) is 2.00. The number of hydrogen-bond acceptors (Lipinski definition) is 3. The fourth-order valence-electron chi connectivity index (χ4n) is 2.64. The quantitative estimate of drug-likeness (QED) is 0.838. The standard InChI is InChI=1S/C14H26N4/c1-10(2)9-18(12-5-6-12)14(7-15)13-8-16-17(4)11(13)3/h8,10,12,14H,5-7,9,15H2,1-4H3. The molecule has 0 amide bonds. The molecule has 2 N–H and O–H groups in total. The number of rotatable bonds is 6. The van der Waals surface area contributed by atoms with Crippen LogP contribution in [0.15, 0.2) is 6.20 Å². The lowest BCUT2D eigenvalue weighted by Crippen LogP contribution is -2.38. The van der Waals surface area contributed by atoms with E-state index >= 15 is 0 Å². The Labute approximate surface area is 110 Å². The molecule has 2 rings (SSSR count). The van der Waals surface area contributed by atoms with E-state index in [-0.39, 0.29) is 0 Å². The maximum atomic E-state index is 6.05. The van der Waals surface area contributed by atoms with Crippen LogP contribution < -0.4 is 5.73 Å². The summed E-state index contributed by atoms with van der Waals surface area (Å²) in [5, 5.41) is 4.36. The topological polar surface area (TPSA) is 47.1 Å². The number of nitrogens with zero attached hydrogens (tertiary/aromatic N) is 3. The van der Waals surface area contributed by atoms with Crippen molar-refractivity contribution in [2.45, 2.75) is 45.7 Å². The summed E-state index contributed by atoms with van der Waals surface area (Å²) in [6, 6.07) is 1.06. The van der Waals surface area contributed by atoms with Gasteiger partial charge in [-0.3, -0.25) is 9.58 Å². The zero-order valence-electron chi connectivity index (χ0n) is 12.1. The molecule has 0 aromatic carbocycles. The summed E-state index contributed by atoms with van der Waals surface area (Å²) in [4.78, 5) is 2.59. The molecule has 0 radical (unpaired) electrons. The molecule has 1 atom stereocenters. The second-order valence-electron chi connectivity index (χ2n) is 5.88. The summed E-state index contributed by atoms with van der Waals surface area (Å²) >= 11 is 0. The summed E-state index contributed by atoms with van der Waals surface area (Å²) in [5.74, 6) is 0.677. The molecule has 0 spiro atoms. The molecule has 4 heteroatoms. The van der Waals surface area contributed by atoms with Crippen molar-refractivity contribution in [2.24, 2.45) is 18.7 Å². The number of nitrogens with two attached hydrogens (primary N) is 1. The van der Waals surface area contributed by atoms with Gasteiger partial charge in [0.15, 0.2) is 0 Å². The number of aryl methyl sites for hydroxylation is 1. The molecular formula is C14H26N4. The molecule has 1 aromatic heterocycles. The van der Waals surface area contributed by atoms with Gasteiger partial charge in [0.1, 0.15) is 0 Å². The van der Waals surface area contributed by atoms with Gasteiger partial charge in [0, 0.05) is 37.4 Å². The molecule has 102 valence electrons. The molecule has 1 aliphatic rings. The molecule has 1 unspecified atom stereocenters. The van der Waals surface area contributed by atoms with Crippen molar-refractivity contribution in [3.05, 3.63) is 17.5 Å². The summed E-state index contributed by atoms with van der Waals surface area (Å²) in [6.07, 6.45) is 4.63. The van der Waals surface area contributed by atoms with Crippen LogP contribution in [-0.4, -0.2) is 33.8 Å². The Morgan fingerprint density at radius 1 is 1.50 bits per heavy atom. The Balaban J connectivity index is 2.22. The van der Waals surface area contributed by atoms with Crippen LogP contribution in [0.1, 0.15) is 44.0 Å². The van der Waals surface area contributed by atoms with E-state index in [1.54, 1.807) is 0 Å². The van der Waals surface area contributed by atoms with Gasteiger partial charge in [-0.2, -0.15) is 5.10 Å². The van der Waals surface area contributed by atoms with Crippen LogP contribution in [0.3, 0.4) is 0 Å². The Hall–Kier alpha value is -0.870. The Bertz CT molecular complexity index is 392. The van der Waals surface area contributed by atoms with E-state index in [1.165, 1.54) is 24.1 Å². The first-order chi connectivity index (χ1) is 8.54. The first-order valence-electron chi connectivity index (χ1n) is 6.98. The molecule has 0 aliphatic heterocycles. The smallest absolute Gasteiger partial charge is 0.0540 e. The van der Waals surface area contributed by atoms with Crippen molar-refractivity contribution in [3.8, 4) is 0 Å². The lowest BCUT2D eigenvalue weighted by atomic mass is 10.0. The van der Waals surface area contributed by atoms with Crippen LogP contribution in [0.5, 0.6) is 0 Å². The van der Waals surface area contributed by atoms with Gasteiger partial charge in [0.05, 0.1) is 12.2 Å². The average molecular weight is 250 g/mol.